The highest BCUT2D eigenvalue weighted by molar-refractivity contribution is 5.85. The van der Waals surface area contributed by atoms with Crippen LogP contribution in [0.4, 0.5) is 20.1 Å². The number of urea groups is 1. The lowest BCUT2D eigenvalue weighted by atomic mass is 10.1. The Hall–Kier alpha value is -4.28. The molecule has 4 amide bonds. The largest absolute Gasteiger partial charge is 0.464 e. The van der Waals surface area contributed by atoms with Crippen molar-refractivity contribution < 1.29 is 33.4 Å². The third-order valence-corrected chi connectivity index (χ3v) is 5.08. The molecular formula is C28H38N4O7. The number of alkyl carbamates (subject to hydrolysis) is 1. The van der Waals surface area contributed by atoms with Crippen molar-refractivity contribution in [3.63, 3.8) is 0 Å². The normalized spacial score (nSPS) is 11.5. The Morgan fingerprint density at radius 3 is 2.18 bits per heavy atom. The topological polar surface area (TPSA) is 144 Å². The van der Waals surface area contributed by atoms with Gasteiger partial charge in [-0.2, -0.15) is 0 Å². The van der Waals surface area contributed by atoms with Crippen LogP contribution in [0.15, 0.2) is 54.6 Å². The number of carbonyl (C=O) groups excluding carboxylic acids is 4. The van der Waals surface area contributed by atoms with Gasteiger partial charge in [0, 0.05) is 18.8 Å². The molecule has 0 saturated carbocycles. The van der Waals surface area contributed by atoms with Gasteiger partial charge < -0.3 is 30.2 Å². The van der Waals surface area contributed by atoms with Gasteiger partial charge in [0.25, 0.3) is 0 Å². The zero-order valence-electron chi connectivity index (χ0n) is 22.9. The van der Waals surface area contributed by atoms with Crippen LogP contribution in [0.25, 0.3) is 0 Å². The van der Waals surface area contributed by atoms with Crippen LogP contribution in [0.5, 0.6) is 0 Å². The summed E-state index contributed by atoms with van der Waals surface area (Å²) in [7, 11) is 0. The molecule has 4 N–H and O–H groups in total. The number of esters is 1. The van der Waals surface area contributed by atoms with Crippen LogP contribution < -0.4 is 21.3 Å². The standard InChI is InChI=1S/C28H38N4O7/c1-5-37-24(33)23(12-9-17-29-26(35)38-19-21-10-7-6-8-11-21)32-25(34)30-18-20-13-15-22(16-14-20)31-27(36)39-28(2,3)4/h6-8,10-11,13-16,23H,5,9,12,17-19H2,1-4H3,(H,29,35)(H,31,36)(H2,30,32,34)/t23-/m1/s1. The van der Waals surface area contributed by atoms with E-state index in [1.807, 2.05) is 30.3 Å². The molecule has 212 valence electrons. The second-order valence-corrected chi connectivity index (χ2v) is 9.59. The van der Waals surface area contributed by atoms with Gasteiger partial charge >= 0.3 is 24.2 Å². The fourth-order valence-electron chi connectivity index (χ4n) is 3.28. The highest BCUT2D eigenvalue weighted by atomic mass is 16.6. The van der Waals surface area contributed by atoms with Gasteiger partial charge in [-0.25, -0.2) is 19.2 Å². The van der Waals surface area contributed by atoms with E-state index in [2.05, 4.69) is 21.3 Å². The molecule has 0 radical (unpaired) electrons. The van der Waals surface area contributed by atoms with Gasteiger partial charge in [-0.15, -0.1) is 0 Å². The van der Waals surface area contributed by atoms with Crippen molar-refractivity contribution in [2.75, 3.05) is 18.5 Å². The van der Waals surface area contributed by atoms with E-state index in [0.717, 1.165) is 11.1 Å². The molecule has 0 aliphatic heterocycles. The molecule has 0 aromatic heterocycles. The predicted octanol–water partition coefficient (Wildman–Crippen LogP) is 4.47. The van der Waals surface area contributed by atoms with E-state index in [0.29, 0.717) is 12.1 Å². The van der Waals surface area contributed by atoms with Crippen molar-refractivity contribution in [3.8, 4) is 0 Å². The average Bonchev–Trinajstić information content (AvgIpc) is 2.88. The van der Waals surface area contributed by atoms with Crippen LogP contribution >= 0.6 is 0 Å². The molecule has 0 bridgehead atoms. The summed E-state index contributed by atoms with van der Waals surface area (Å²) in [6.45, 7) is 7.80. The predicted molar refractivity (Wildman–Crippen MR) is 146 cm³/mol. The first kappa shape index (κ1) is 30.9. The van der Waals surface area contributed by atoms with Crippen LogP contribution in [-0.2, 0) is 32.2 Å². The van der Waals surface area contributed by atoms with E-state index in [-0.39, 0.29) is 32.7 Å². The molecule has 2 aromatic carbocycles. The molecule has 2 aromatic rings. The fourth-order valence-corrected chi connectivity index (χ4v) is 3.28. The molecule has 0 fully saturated rings. The van der Waals surface area contributed by atoms with Crippen LogP contribution in [0.1, 0.15) is 51.7 Å². The number of hydrogen-bond acceptors (Lipinski definition) is 7. The second kappa shape index (κ2) is 15.9. The molecule has 39 heavy (non-hydrogen) atoms. The van der Waals surface area contributed by atoms with Crippen molar-refractivity contribution in [1.82, 2.24) is 16.0 Å². The number of anilines is 1. The van der Waals surface area contributed by atoms with Gasteiger partial charge in [0.05, 0.1) is 6.61 Å². The maximum atomic E-state index is 12.4. The number of amides is 4. The first-order valence-corrected chi connectivity index (χ1v) is 12.8. The summed E-state index contributed by atoms with van der Waals surface area (Å²) in [5, 5.41) is 10.6. The van der Waals surface area contributed by atoms with Crippen LogP contribution in [0, 0.1) is 0 Å². The Labute approximate surface area is 229 Å². The number of carbonyl (C=O) groups is 4. The molecule has 11 heteroatoms. The second-order valence-electron chi connectivity index (χ2n) is 9.59. The van der Waals surface area contributed by atoms with Crippen molar-refractivity contribution in [1.29, 1.82) is 0 Å². The maximum Gasteiger partial charge on any atom is 0.412 e. The van der Waals surface area contributed by atoms with E-state index >= 15 is 0 Å². The molecule has 11 nitrogen and oxygen atoms in total. The number of nitrogens with one attached hydrogen (secondary N) is 4. The van der Waals surface area contributed by atoms with Gasteiger partial charge in [0.15, 0.2) is 0 Å². The average molecular weight is 543 g/mol. The Morgan fingerprint density at radius 1 is 0.846 bits per heavy atom. The summed E-state index contributed by atoms with van der Waals surface area (Å²) in [6, 6.07) is 14.8. The van der Waals surface area contributed by atoms with Crippen LogP contribution in [-0.4, -0.2) is 49.0 Å². The molecule has 0 spiro atoms. The molecule has 0 saturated heterocycles. The van der Waals surface area contributed by atoms with E-state index in [1.54, 1.807) is 52.0 Å². The lowest BCUT2D eigenvalue weighted by Crippen LogP contribution is -2.46. The third kappa shape index (κ3) is 13.2. The Kier molecular flexibility index (Phi) is 12.6. The molecular weight excluding hydrogens is 504 g/mol. The minimum absolute atomic E-state index is 0.156. The molecule has 0 unspecified atom stereocenters. The Bertz CT molecular complexity index is 1070. The monoisotopic (exact) mass is 542 g/mol. The number of rotatable bonds is 12. The number of hydrogen-bond donors (Lipinski definition) is 4. The lowest BCUT2D eigenvalue weighted by Gasteiger charge is -2.19. The van der Waals surface area contributed by atoms with Crippen molar-refractivity contribution in [3.05, 3.63) is 65.7 Å². The summed E-state index contributed by atoms with van der Waals surface area (Å²) in [6.07, 6.45) is -0.450. The Morgan fingerprint density at radius 2 is 1.54 bits per heavy atom. The van der Waals surface area contributed by atoms with Gasteiger partial charge in [0.1, 0.15) is 18.2 Å². The van der Waals surface area contributed by atoms with Gasteiger partial charge in [-0.05, 0) is 63.8 Å². The van der Waals surface area contributed by atoms with Gasteiger partial charge in [-0.3, -0.25) is 5.32 Å². The van der Waals surface area contributed by atoms with E-state index < -0.39 is 35.8 Å². The summed E-state index contributed by atoms with van der Waals surface area (Å²) in [5.74, 6) is -0.558. The summed E-state index contributed by atoms with van der Waals surface area (Å²) < 4.78 is 15.4. The van der Waals surface area contributed by atoms with Crippen LogP contribution in [0.3, 0.4) is 0 Å². The number of benzene rings is 2. The van der Waals surface area contributed by atoms with Crippen molar-refractivity contribution in [2.45, 2.75) is 65.3 Å². The van der Waals surface area contributed by atoms with E-state index in [4.69, 9.17) is 14.2 Å². The molecule has 1 atom stereocenters. The highest BCUT2D eigenvalue weighted by Crippen LogP contribution is 2.13. The smallest absolute Gasteiger partial charge is 0.412 e. The van der Waals surface area contributed by atoms with E-state index in [9.17, 15) is 19.2 Å². The lowest BCUT2D eigenvalue weighted by molar-refractivity contribution is -0.145. The first-order valence-electron chi connectivity index (χ1n) is 12.8. The SMILES string of the molecule is CCOC(=O)[C@@H](CCCNC(=O)OCc1ccccc1)NC(=O)NCc1ccc(NC(=O)OC(C)(C)C)cc1. The molecule has 2 rings (SSSR count). The summed E-state index contributed by atoms with van der Waals surface area (Å²) >= 11 is 0. The minimum Gasteiger partial charge on any atom is -0.464 e. The zero-order chi connectivity index (χ0) is 28.7. The van der Waals surface area contributed by atoms with Crippen molar-refractivity contribution >= 4 is 29.9 Å². The molecule has 0 aliphatic carbocycles. The summed E-state index contributed by atoms with van der Waals surface area (Å²) in [5.41, 5.74) is 1.61. The molecule has 0 heterocycles. The van der Waals surface area contributed by atoms with Gasteiger partial charge in [-0.1, -0.05) is 42.5 Å². The van der Waals surface area contributed by atoms with Crippen LogP contribution in [0.2, 0.25) is 0 Å². The molecule has 0 aliphatic rings. The first-order chi connectivity index (χ1) is 18.6. The zero-order valence-corrected chi connectivity index (χ0v) is 22.9. The van der Waals surface area contributed by atoms with Crippen molar-refractivity contribution in [2.24, 2.45) is 0 Å². The quantitative estimate of drug-likeness (QED) is 0.176. The highest BCUT2D eigenvalue weighted by Gasteiger charge is 2.22. The fraction of sp³-hybridized carbons (Fsp3) is 0.429. The van der Waals surface area contributed by atoms with E-state index in [1.165, 1.54) is 0 Å². The summed E-state index contributed by atoms with van der Waals surface area (Å²) in [4.78, 5) is 48.6. The Balaban J connectivity index is 1.75. The van der Waals surface area contributed by atoms with Gasteiger partial charge in [0.2, 0.25) is 0 Å². The maximum absolute atomic E-state index is 12.4. The number of ether oxygens (including phenoxy) is 3. The third-order valence-electron chi connectivity index (χ3n) is 5.08. The minimum atomic E-state index is -0.882.